The molecule has 2 rings (SSSR count). The van der Waals surface area contributed by atoms with E-state index in [9.17, 15) is 9.59 Å². The van der Waals surface area contributed by atoms with E-state index in [1.807, 2.05) is 25.1 Å². The summed E-state index contributed by atoms with van der Waals surface area (Å²) in [5, 5.41) is 8.05. The molecule has 2 aromatic rings. The quantitative estimate of drug-likeness (QED) is 0.686. The fourth-order valence-corrected chi connectivity index (χ4v) is 2.14. The highest BCUT2D eigenvalue weighted by Crippen LogP contribution is 2.15. The van der Waals surface area contributed by atoms with Crippen LogP contribution < -0.4 is 16.0 Å². The van der Waals surface area contributed by atoms with Crippen LogP contribution in [0.4, 0.5) is 10.5 Å². The fourth-order valence-electron chi connectivity index (χ4n) is 2.14. The standard InChI is InChI=1S/C18H23N3O4/c1-3-24-12-14-7-4-5-9-16(14)21-18(23)20-13(2)17(22)19-11-15-8-6-10-25-15/h4-10,13H,3,11-12H2,1-2H3,(H,19,22)(H2,20,21,23). The third kappa shape index (κ3) is 5.96. The van der Waals surface area contributed by atoms with Gasteiger partial charge in [0.2, 0.25) is 5.91 Å². The molecule has 0 radical (unpaired) electrons. The van der Waals surface area contributed by atoms with Crippen molar-refractivity contribution >= 4 is 17.6 Å². The molecule has 1 heterocycles. The molecule has 0 spiro atoms. The summed E-state index contributed by atoms with van der Waals surface area (Å²) in [6.07, 6.45) is 1.54. The van der Waals surface area contributed by atoms with Gasteiger partial charge in [-0.15, -0.1) is 0 Å². The predicted molar refractivity (Wildman–Crippen MR) is 93.9 cm³/mol. The molecule has 7 heteroatoms. The van der Waals surface area contributed by atoms with Gasteiger partial charge in [0, 0.05) is 17.9 Å². The number of anilines is 1. The van der Waals surface area contributed by atoms with Crippen LogP contribution in [0.5, 0.6) is 0 Å². The van der Waals surface area contributed by atoms with Gasteiger partial charge >= 0.3 is 6.03 Å². The number of ether oxygens (including phenoxy) is 1. The Morgan fingerprint density at radius 3 is 2.72 bits per heavy atom. The van der Waals surface area contributed by atoms with Crippen LogP contribution in [0.2, 0.25) is 0 Å². The van der Waals surface area contributed by atoms with Crippen molar-refractivity contribution in [1.29, 1.82) is 0 Å². The highest BCUT2D eigenvalue weighted by Gasteiger charge is 2.16. The number of hydrogen-bond acceptors (Lipinski definition) is 4. The summed E-state index contributed by atoms with van der Waals surface area (Å²) in [5.41, 5.74) is 1.52. The highest BCUT2D eigenvalue weighted by atomic mass is 16.5. The molecule has 0 bridgehead atoms. The number of nitrogens with one attached hydrogen (secondary N) is 3. The predicted octanol–water partition coefficient (Wildman–Crippen LogP) is 2.64. The van der Waals surface area contributed by atoms with E-state index >= 15 is 0 Å². The summed E-state index contributed by atoms with van der Waals surface area (Å²) in [5.74, 6) is 0.351. The third-order valence-corrected chi connectivity index (χ3v) is 3.49. The SMILES string of the molecule is CCOCc1ccccc1NC(=O)NC(C)C(=O)NCc1ccco1. The molecule has 1 aromatic heterocycles. The smallest absolute Gasteiger partial charge is 0.319 e. The van der Waals surface area contributed by atoms with E-state index in [1.165, 1.54) is 6.26 Å². The number of urea groups is 1. The van der Waals surface area contributed by atoms with Crippen molar-refractivity contribution < 1.29 is 18.7 Å². The first-order valence-corrected chi connectivity index (χ1v) is 8.13. The Bertz CT molecular complexity index is 685. The van der Waals surface area contributed by atoms with E-state index < -0.39 is 12.1 Å². The molecule has 1 unspecified atom stereocenters. The van der Waals surface area contributed by atoms with Crippen molar-refractivity contribution in [3.05, 3.63) is 54.0 Å². The molecule has 1 atom stereocenters. The highest BCUT2D eigenvalue weighted by molar-refractivity contribution is 5.94. The topological polar surface area (TPSA) is 92.6 Å². The largest absolute Gasteiger partial charge is 0.467 e. The van der Waals surface area contributed by atoms with Crippen LogP contribution in [0.3, 0.4) is 0 Å². The number of furan rings is 1. The summed E-state index contributed by atoms with van der Waals surface area (Å²) in [4.78, 5) is 24.1. The zero-order valence-corrected chi connectivity index (χ0v) is 14.4. The minimum Gasteiger partial charge on any atom is -0.467 e. The van der Waals surface area contributed by atoms with Crippen LogP contribution in [0.25, 0.3) is 0 Å². The zero-order valence-electron chi connectivity index (χ0n) is 14.4. The molecule has 3 N–H and O–H groups in total. The Morgan fingerprint density at radius 1 is 1.20 bits per heavy atom. The normalized spacial score (nSPS) is 11.6. The van der Waals surface area contributed by atoms with Gasteiger partial charge in [0.25, 0.3) is 0 Å². The van der Waals surface area contributed by atoms with E-state index in [0.717, 1.165) is 5.56 Å². The molecule has 0 fully saturated rings. The molecule has 3 amide bonds. The number of amides is 3. The Hall–Kier alpha value is -2.80. The van der Waals surface area contributed by atoms with Gasteiger partial charge in [-0.05, 0) is 32.0 Å². The van der Waals surface area contributed by atoms with Gasteiger partial charge in [-0.2, -0.15) is 0 Å². The maximum atomic E-state index is 12.1. The summed E-state index contributed by atoms with van der Waals surface area (Å²) < 4.78 is 10.5. The van der Waals surface area contributed by atoms with Crippen LogP contribution in [0, 0.1) is 0 Å². The second kappa shape index (κ2) is 9.48. The average Bonchev–Trinajstić information content (AvgIpc) is 3.12. The fraction of sp³-hybridized carbons (Fsp3) is 0.333. The number of rotatable bonds is 8. The Balaban J connectivity index is 1.83. The van der Waals surface area contributed by atoms with Gasteiger partial charge in [-0.3, -0.25) is 4.79 Å². The molecule has 7 nitrogen and oxygen atoms in total. The molecule has 0 aliphatic rings. The van der Waals surface area contributed by atoms with Crippen molar-refractivity contribution in [2.24, 2.45) is 0 Å². The summed E-state index contributed by atoms with van der Waals surface area (Å²) in [7, 11) is 0. The molecular formula is C18H23N3O4. The molecule has 0 saturated heterocycles. The van der Waals surface area contributed by atoms with Crippen molar-refractivity contribution in [1.82, 2.24) is 10.6 Å². The number of hydrogen-bond donors (Lipinski definition) is 3. The first-order chi connectivity index (χ1) is 12.1. The Labute approximate surface area is 146 Å². The molecule has 0 aliphatic carbocycles. The van der Waals surface area contributed by atoms with Crippen molar-refractivity contribution in [3.8, 4) is 0 Å². The first-order valence-electron chi connectivity index (χ1n) is 8.13. The number of carbonyl (C=O) groups is 2. The van der Waals surface area contributed by atoms with E-state index in [1.54, 1.807) is 25.1 Å². The van der Waals surface area contributed by atoms with Gasteiger partial charge in [0.1, 0.15) is 11.8 Å². The zero-order chi connectivity index (χ0) is 18.1. The van der Waals surface area contributed by atoms with Crippen LogP contribution in [0.15, 0.2) is 47.1 Å². The molecule has 1 aromatic carbocycles. The van der Waals surface area contributed by atoms with E-state index in [2.05, 4.69) is 16.0 Å². The minimum absolute atomic E-state index is 0.274. The lowest BCUT2D eigenvalue weighted by molar-refractivity contribution is -0.122. The second-order valence-electron chi connectivity index (χ2n) is 5.41. The van der Waals surface area contributed by atoms with Crippen molar-refractivity contribution in [3.63, 3.8) is 0 Å². The molecule has 0 saturated carbocycles. The Kier molecular flexibility index (Phi) is 7.03. The van der Waals surface area contributed by atoms with Crippen LogP contribution >= 0.6 is 0 Å². The number of benzene rings is 1. The van der Waals surface area contributed by atoms with Gasteiger partial charge in [-0.25, -0.2) is 4.79 Å². The molecule has 134 valence electrons. The van der Waals surface area contributed by atoms with Gasteiger partial charge in [0.15, 0.2) is 0 Å². The number of carbonyl (C=O) groups excluding carboxylic acids is 2. The third-order valence-electron chi connectivity index (χ3n) is 3.49. The molecule has 25 heavy (non-hydrogen) atoms. The molecule has 0 aliphatic heterocycles. The summed E-state index contributed by atoms with van der Waals surface area (Å²) in [6, 6.07) is 9.74. The maximum Gasteiger partial charge on any atom is 0.319 e. The van der Waals surface area contributed by atoms with Crippen LogP contribution in [-0.4, -0.2) is 24.6 Å². The van der Waals surface area contributed by atoms with Gasteiger partial charge in [-0.1, -0.05) is 18.2 Å². The summed E-state index contributed by atoms with van der Waals surface area (Å²) in [6.45, 7) is 4.80. The lowest BCUT2D eigenvalue weighted by Gasteiger charge is -2.16. The maximum absolute atomic E-state index is 12.1. The van der Waals surface area contributed by atoms with Crippen molar-refractivity contribution in [2.75, 3.05) is 11.9 Å². The van der Waals surface area contributed by atoms with E-state index in [0.29, 0.717) is 24.7 Å². The number of para-hydroxylation sites is 1. The second-order valence-corrected chi connectivity index (χ2v) is 5.41. The van der Waals surface area contributed by atoms with E-state index in [4.69, 9.17) is 9.15 Å². The van der Waals surface area contributed by atoms with Crippen LogP contribution in [0.1, 0.15) is 25.2 Å². The lowest BCUT2D eigenvalue weighted by atomic mass is 10.2. The average molecular weight is 345 g/mol. The van der Waals surface area contributed by atoms with Gasteiger partial charge < -0.3 is 25.1 Å². The van der Waals surface area contributed by atoms with Gasteiger partial charge in [0.05, 0.1) is 19.4 Å². The Morgan fingerprint density at radius 2 is 2.00 bits per heavy atom. The van der Waals surface area contributed by atoms with Crippen molar-refractivity contribution in [2.45, 2.75) is 33.0 Å². The first kappa shape index (κ1) is 18.5. The summed E-state index contributed by atoms with van der Waals surface area (Å²) >= 11 is 0. The molecular weight excluding hydrogens is 322 g/mol. The minimum atomic E-state index is -0.686. The monoisotopic (exact) mass is 345 g/mol. The lowest BCUT2D eigenvalue weighted by Crippen LogP contribution is -2.46. The van der Waals surface area contributed by atoms with E-state index in [-0.39, 0.29) is 12.5 Å². The van der Waals surface area contributed by atoms with Crippen LogP contribution in [-0.2, 0) is 22.7 Å².